The Morgan fingerprint density at radius 3 is 2.31 bits per heavy atom. The molecule has 0 fully saturated rings. The molecule has 0 aliphatic heterocycles. The fourth-order valence-corrected chi connectivity index (χ4v) is 1.89. The van der Waals surface area contributed by atoms with Crippen LogP contribution in [0.2, 0.25) is 6.04 Å². The normalized spacial score (nSPS) is 13.6. The average molecular weight is 271 g/mol. The lowest BCUT2D eigenvalue weighted by atomic mass is 10.2. The Morgan fingerprint density at radius 2 is 1.81 bits per heavy atom. The second kappa shape index (κ2) is 8.02. The zero-order chi connectivity index (χ0) is 12.6. The van der Waals surface area contributed by atoms with Crippen LogP contribution in [0.4, 0.5) is 0 Å². The van der Waals surface area contributed by atoms with Gasteiger partial charge in [-0.3, -0.25) is 4.79 Å². The Morgan fingerprint density at radius 1 is 1.25 bits per heavy atom. The minimum absolute atomic E-state index is 0.0610. The van der Waals surface area contributed by atoms with E-state index in [2.05, 4.69) is 0 Å². The molecule has 0 spiro atoms. The van der Waals surface area contributed by atoms with Crippen LogP contribution in [0, 0.1) is 0 Å². The maximum absolute atomic E-state index is 10.9. The quantitative estimate of drug-likeness (QED) is 0.261. The summed E-state index contributed by atoms with van der Waals surface area (Å²) in [4.78, 5) is 37.1. The van der Waals surface area contributed by atoms with Gasteiger partial charge in [0.05, 0.1) is 6.61 Å². The highest BCUT2D eigenvalue weighted by atomic mass is 35.5. The van der Waals surface area contributed by atoms with Crippen LogP contribution >= 0.6 is 11.6 Å². The Balaban J connectivity index is 3.26. The van der Waals surface area contributed by atoms with E-state index in [0.717, 1.165) is 12.8 Å². The standard InChI is InChI=1S/C9H19ClO5Si/c1-8(10)9(11)15-6-4-2-3-5-7-16(12,13)14/h8,12-14H,2-7H2,1H3. The van der Waals surface area contributed by atoms with Gasteiger partial charge in [-0.25, -0.2) is 0 Å². The van der Waals surface area contributed by atoms with Gasteiger partial charge in [-0.1, -0.05) is 12.8 Å². The van der Waals surface area contributed by atoms with Crippen LogP contribution in [0.3, 0.4) is 0 Å². The number of rotatable bonds is 8. The predicted molar refractivity (Wildman–Crippen MR) is 62.0 cm³/mol. The molecule has 96 valence electrons. The number of carbonyl (C=O) groups excluding carboxylic acids is 1. The second-order valence-corrected chi connectivity index (χ2v) is 6.43. The summed E-state index contributed by atoms with van der Waals surface area (Å²) in [6.45, 7) is 1.88. The van der Waals surface area contributed by atoms with Gasteiger partial charge in [-0.05, 0) is 19.8 Å². The molecule has 0 bridgehead atoms. The van der Waals surface area contributed by atoms with E-state index in [0.29, 0.717) is 19.4 Å². The molecule has 0 rings (SSSR count). The molecular weight excluding hydrogens is 252 g/mol. The van der Waals surface area contributed by atoms with Crippen molar-refractivity contribution in [2.75, 3.05) is 6.61 Å². The van der Waals surface area contributed by atoms with Crippen molar-refractivity contribution in [3.63, 3.8) is 0 Å². The fraction of sp³-hybridized carbons (Fsp3) is 0.889. The topological polar surface area (TPSA) is 87.0 Å². The van der Waals surface area contributed by atoms with Crippen LogP contribution in [0.25, 0.3) is 0 Å². The van der Waals surface area contributed by atoms with Crippen molar-refractivity contribution in [3.05, 3.63) is 0 Å². The van der Waals surface area contributed by atoms with Crippen LogP contribution in [-0.4, -0.2) is 41.1 Å². The molecule has 1 unspecified atom stereocenters. The van der Waals surface area contributed by atoms with E-state index in [1.54, 1.807) is 6.92 Å². The number of unbranched alkanes of at least 4 members (excludes halogenated alkanes) is 3. The van der Waals surface area contributed by atoms with Gasteiger partial charge in [0.25, 0.3) is 0 Å². The van der Waals surface area contributed by atoms with Crippen molar-refractivity contribution < 1.29 is 23.9 Å². The molecule has 5 nitrogen and oxygen atoms in total. The molecule has 0 aromatic carbocycles. The molecule has 0 aliphatic rings. The van der Waals surface area contributed by atoms with Crippen LogP contribution in [0.5, 0.6) is 0 Å². The lowest BCUT2D eigenvalue weighted by molar-refractivity contribution is -0.142. The van der Waals surface area contributed by atoms with Gasteiger partial charge in [0.2, 0.25) is 0 Å². The van der Waals surface area contributed by atoms with Gasteiger partial charge in [0.15, 0.2) is 0 Å². The summed E-state index contributed by atoms with van der Waals surface area (Å²) in [5.74, 6) is -0.422. The molecule has 3 N–H and O–H groups in total. The van der Waals surface area contributed by atoms with E-state index in [1.165, 1.54) is 0 Å². The van der Waals surface area contributed by atoms with Crippen LogP contribution in [-0.2, 0) is 9.53 Å². The maximum atomic E-state index is 10.9. The van der Waals surface area contributed by atoms with Crippen molar-refractivity contribution in [2.45, 2.75) is 44.0 Å². The van der Waals surface area contributed by atoms with Gasteiger partial charge < -0.3 is 19.1 Å². The Labute approximate surface area is 101 Å². The number of halogens is 1. The lowest BCUT2D eigenvalue weighted by Gasteiger charge is -2.08. The first-order chi connectivity index (χ1) is 7.33. The number of ether oxygens (including phenoxy) is 1. The van der Waals surface area contributed by atoms with Gasteiger partial charge in [-0.15, -0.1) is 11.6 Å². The molecule has 0 radical (unpaired) electrons. The SMILES string of the molecule is CC(Cl)C(=O)OCCCCCC[Si](O)(O)O. The Hall–Kier alpha value is -0.143. The molecular formula is C9H19ClO5Si. The predicted octanol–water partition coefficient (Wildman–Crippen LogP) is 0.633. The molecule has 0 aliphatic carbocycles. The summed E-state index contributed by atoms with van der Waals surface area (Å²) in [5.41, 5.74) is 0. The smallest absolute Gasteiger partial charge is 0.465 e. The van der Waals surface area contributed by atoms with E-state index in [1.807, 2.05) is 0 Å². The molecule has 0 saturated heterocycles. The van der Waals surface area contributed by atoms with Crippen molar-refractivity contribution in [3.8, 4) is 0 Å². The Bertz CT molecular complexity index is 205. The molecule has 1 atom stereocenters. The molecule has 0 aromatic rings. The van der Waals surface area contributed by atoms with Gasteiger partial charge >= 0.3 is 14.8 Å². The summed E-state index contributed by atoms with van der Waals surface area (Å²) in [5, 5.41) is -0.621. The zero-order valence-electron chi connectivity index (χ0n) is 9.36. The average Bonchev–Trinajstić information content (AvgIpc) is 2.14. The van der Waals surface area contributed by atoms with E-state index < -0.39 is 20.2 Å². The first-order valence-corrected chi connectivity index (χ1v) is 7.79. The molecule has 0 aromatic heterocycles. The minimum atomic E-state index is -3.86. The van der Waals surface area contributed by atoms with Gasteiger partial charge in [0.1, 0.15) is 5.38 Å². The van der Waals surface area contributed by atoms with Gasteiger partial charge in [0, 0.05) is 6.04 Å². The molecule has 0 saturated carbocycles. The van der Waals surface area contributed by atoms with Crippen LogP contribution in [0.1, 0.15) is 32.6 Å². The summed E-state index contributed by atoms with van der Waals surface area (Å²) in [6, 6.07) is 0.0610. The molecule has 0 amide bonds. The highest BCUT2D eigenvalue weighted by Crippen LogP contribution is 2.08. The van der Waals surface area contributed by atoms with Crippen LogP contribution in [0.15, 0.2) is 0 Å². The summed E-state index contributed by atoms with van der Waals surface area (Å²) >= 11 is 5.49. The third kappa shape index (κ3) is 10.4. The number of hydrogen-bond acceptors (Lipinski definition) is 5. The third-order valence-electron chi connectivity index (χ3n) is 1.98. The van der Waals surface area contributed by atoms with Crippen molar-refractivity contribution in [2.24, 2.45) is 0 Å². The van der Waals surface area contributed by atoms with Crippen molar-refractivity contribution in [1.82, 2.24) is 0 Å². The van der Waals surface area contributed by atoms with E-state index in [-0.39, 0.29) is 6.04 Å². The maximum Gasteiger partial charge on any atom is 0.492 e. The molecule has 0 heterocycles. The van der Waals surface area contributed by atoms with E-state index >= 15 is 0 Å². The zero-order valence-corrected chi connectivity index (χ0v) is 11.1. The number of esters is 1. The highest BCUT2D eigenvalue weighted by Gasteiger charge is 2.25. The van der Waals surface area contributed by atoms with Crippen molar-refractivity contribution >= 4 is 26.4 Å². The number of hydrogen-bond donors (Lipinski definition) is 3. The minimum Gasteiger partial charge on any atom is -0.465 e. The molecule has 7 heteroatoms. The first-order valence-electron chi connectivity index (χ1n) is 5.31. The summed E-state index contributed by atoms with van der Waals surface area (Å²) in [7, 11) is -3.86. The molecule has 16 heavy (non-hydrogen) atoms. The summed E-state index contributed by atoms with van der Waals surface area (Å²) in [6.07, 6.45) is 2.86. The van der Waals surface area contributed by atoms with E-state index in [9.17, 15) is 4.79 Å². The first kappa shape index (κ1) is 15.9. The van der Waals surface area contributed by atoms with Crippen LogP contribution < -0.4 is 0 Å². The number of carbonyl (C=O) groups is 1. The largest absolute Gasteiger partial charge is 0.492 e. The summed E-state index contributed by atoms with van der Waals surface area (Å²) < 4.78 is 4.84. The van der Waals surface area contributed by atoms with Gasteiger partial charge in [-0.2, -0.15) is 0 Å². The highest BCUT2D eigenvalue weighted by molar-refractivity contribution is 6.56. The Kier molecular flexibility index (Phi) is 7.95. The third-order valence-corrected chi connectivity index (χ3v) is 3.18. The fourth-order valence-electron chi connectivity index (χ4n) is 1.11. The van der Waals surface area contributed by atoms with Crippen molar-refractivity contribution in [1.29, 1.82) is 0 Å². The second-order valence-electron chi connectivity index (χ2n) is 3.72. The monoisotopic (exact) mass is 270 g/mol. The number of alkyl halides is 1. The van der Waals surface area contributed by atoms with E-state index in [4.69, 9.17) is 30.7 Å². The lowest BCUT2D eigenvalue weighted by Crippen LogP contribution is -2.33.